The van der Waals surface area contributed by atoms with Crippen LogP contribution in [0.15, 0.2) is 0 Å². The fourth-order valence-corrected chi connectivity index (χ4v) is 2.56. The molecular weight excluding hydrogens is 282 g/mol. The topological polar surface area (TPSA) is 70.7 Å². The molecule has 2 heterocycles. The van der Waals surface area contributed by atoms with Crippen LogP contribution in [-0.4, -0.2) is 61.6 Å². The largest absolute Gasteiger partial charge is 0.375 e. The van der Waals surface area contributed by atoms with Crippen LogP contribution in [0.3, 0.4) is 0 Å². The first kappa shape index (κ1) is 17.2. The Morgan fingerprint density at radius 3 is 2.65 bits per heavy atom. The van der Waals surface area contributed by atoms with Crippen LogP contribution in [0.25, 0.3) is 0 Å². The van der Waals surface area contributed by atoms with Crippen LogP contribution in [0, 0.1) is 0 Å². The number of halogens is 1. The van der Waals surface area contributed by atoms with Crippen LogP contribution in [0.4, 0.5) is 0 Å². The van der Waals surface area contributed by atoms with Gasteiger partial charge in [-0.3, -0.25) is 9.59 Å². The van der Waals surface area contributed by atoms with Gasteiger partial charge in [0.05, 0.1) is 19.3 Å². The minimum absolute atomic E-state index is 0. The number of likely N-dealkylation sites (tertiary alicyclic amines) is 1. The number of morpholine rings is 1. The lowest BCUT2D eigenvalue weighted by Gasteiger charge is -2.30. The molecule has 20 heavy (non-hydrogen) atoms. The normalized spacial score (nSPS) is 26.6. The van der Waals surface area contributed by atoms with Crippen molar-refractivity contribution >= 4 is 24.2 Å². The van der Waals surface area contributed by atoms with E-state index in [1.807, 2.05) is 11.8 Å². The van der Waals surface area contributed by atoms with E-state index in [-0.39, 0.29) is 42.9 Å². The predicted octanol–water partition coefficient (Wildman–Crippen LogP) is -0.0862. The summed E-state index contributed by atoms with van der Waals surface area (Å²) in [5.74, 6) is -0.144. The highest BCUT2D eigenvalue weighted by Crippen LogP contribution is 2.08. The van der Waals surface area contributed by atoms with Gasteiger partial charge in [0, 0.05) is 19.6 Å². The molecule has 2 N–H and O–H groups in total. The minimum atomic E-state index is -0.358. The van der Waals surface area contributed by atoms with E-state index in [9.17, 15) is 9.59 Å². The van der Waals surface area contributed by atoms with Crippen LogP contribution in [0.2, 0.25) is 0 Å². The van der Waals surface area contributed by atoms with Crippen molar-refractivity contribution in [3.63, 3.8) is 0 Å². The van der Waals surface area contributed by atoms with E-state index < -0.39 is 0 Å². The molecule has 2 fully saturated rings. The third-order valence-electron chi connectivity index (χ3n) is 3.72. The summed E-state index contributed by atoms with van der Waals surface area (Å²) in [5.41, 5.74) is 0. The van der Waals surface area contributed by atoms with Gasteiger partial charge in [-0.2, -0.15) is 0 Å². The number of rotatable bonds is 3. The van der Waals surface area contributed by atoms with E-state index in [1.165, 1.54) is 6.42 Å². The first-order valence-corrected chi connectivity index (χ1v) is 7.09. The van der Waals surface area contributed by atoms with Gasteiger partial charge < -0.3 is 20.3 Å². The summed E-state index contributed by atoms with van der Waals surface area (Å²) in [6.45, 7) is 4.87. The predicted molar refractivity (Wildman–Crippen MR) is 77.9 cm³/mol. The van der Waals surface area contributed by atoms with Gasteiger partial charge in [0.15, 0.2) is 0 Å². The fourth-order valence-electron chi connectivity index (χ4n) is 2.56. The van der Waals surface area contributed by atoms with Gasteiger partial charge in [0.2, 0.25) is 11.8 Å². The zero-order valence-corrected chi connectivity index (χ0v) is 12.7. The lowest BCUT2D eigenvalue weighted by molar-refractivity contribution is -0.136. The maximum absolute atomic E-state index is 12.0. The second kappa shape index (κ2) is 8.44. The smallest absolute Gasteiger partial charge is 0.241 e. The SMILES string of the molecule is C[C@H]1OCCN[C@@H]1C(=O)NCC(=O)N1CCCCC1.Cl. The second-order valence-electron chi connectivity index (χ2n) is 5.17. The maximum atomic E-state index is 12.0. The summed E-state index contributed by atoms with van der Waals surface area (Å²) in [5, 5.41) is 5.82. The summed E-state index contributed by atoms with van der Waals surface area (Å²) < 4.78 is 5.42. The number of hydrogen-bond donors (Lipinski definition) is 2. The number of nitrogens with one attached hydrogen (secondary N) is 2. The molecule has 7 heteroatoms. The summed E-state index contributed by atoms with van der Waals surface area (Å²) >= 11 is 0. The molecule has 0 aromatic carbocycles. The Balaban J connectivity index is 0.00000200. The van der Waals surface area contributed by atoms with Gasteiger partial charge in [-0.1, -0.05) is 0 Å². The first-order chi connectivity index (χ1) is 9.18. The van der Waals surface area contributed by atoms with Crippen LogP contribution in [0.5, 0.6) is 0 Å². The molecule has 2 atom stereocenters. The van der Waals surface area contributed by atoms with Crippen molar-refractivity contribution in [2.24, 2.45) is 0 Å². The van der Waals surface area contributed by atoms with Crippen molar-refractivity contribution in [3.8, 4) is 0 Å². The van der Waals surface area contributed by atoms with Crippen LogP contribution >= 0.6 is 12.4 Å². The van der Waals surface area contributed by atoms with Gasteiger partial charge in [0.1, 0.15) is 6.04 Å². The lowest BCUT2D eigenvalue weighted by Crippen LogP contribution is -2.56. The molecule has 0 unspecified atom stereocenters. The van der Waals surface area contributed by atoms with E-state index in [4.69, 9.17) is 4.74 Å². The van der Waals surface area contributed by atoms with Crippen LogP contribution in [-0.2, 0) is 14.3 Å². The molecule has 0 bridgehead atoms. The molecule has 0 spiro atoms. The zero-order valence-electron chi connectivity index (χ0n) is 11.9. The lowest BCUT2D eigenvalue weighted by atomic mass is 10.1. The number of carbonyl (C=O) groups is 2. The van der Waals surface area contributed by atoms with E-state index in [1.54, 1.807) is 0 Å². The molecular formula is C13H24ClN3O3. The number of ether oxygens (including phenoxy) is 1. The van der Waals surface area contributed by atoms with Gasteiger partial charge in [-0.05, 0) is 26.2 Å². The Hall–Kier alpha value is -0.850. The molecule has 2 aliphatic heterocycles. The molecule has 0 aromatic rings. The average molecular weight is 306 g/mol. The van der Waals surface area contributed by atoms with Crippen molar-refractivity contribution in [3.05, 3.63) is 0 Å². The molecule has 6 nitrogen and oxygen atoms in total. The van der Waals surface area contributed by atoms with E-state index in [0.717, 1.165) is 25.9 Å². The van der Waals surface area contributed by atoms with Crippen LogP contribution in [0.1, 0.15) is 26.2 Å². The van der Waals surface area contributed by atoms with Gasteiger partial charge in [0.25, 0.3) is 0 Å². The summed E-state index contributed by atoms with van der Waals surface area (Å²) in [7, 11) is 0. The summed E-state index contributed by atoms with van der Waals surface area (Å²) in [6, 6.07) is -0.358. The number of amides is 2. The molecule has 0 aromatic heterocycles. The molecule has 2 rings (SSSR count). The quantitative estimate of drug-likeness (QED) is 0.765. The molecule has 0 aliphatic carbocycles. The minimum Gasteiger partial charge on any atom is -0.375 e. The molecule has 2 saturated heterocycles. The summed E-state index contributed by atoms with van der Waals surface area (Å²) in [6.07, 6.45) is 3.17. The first-order valence-electron chi connectivity index (χ1n) is 7.09. The Bertz CT molecular complexity index is 335. The Labute approximate surface area is 126 Å². The molecule has 2 amide bonds. The van der Waals surface area contributed by atoms with Crippen molar-refractivity contribution in [1.82, 2.24) is 15.5 Å². The highest BCUT2D eigenvalue weighted by molar-refractivity contribution is 5.87. The molecule has 2 aliphatic rings. The third-order valence-corrected chi connectivity index (χ3v) is 3.72. The second-order valence-corrected chi connectivity index (χ2v) is 5.17. The van der Waals surface area contributed by atoms with E-state index >= 15 is 0 Å². The molecule has 0 saturated carbocycles. The highest BCUT2D eigenvalue weighted by Gasteiger charge is 2.28. The van der Waals surface area contributed by atoms with Crippen LogP contribution < -0.4 is 10.6 Å². The van der Waals surface area contributed by atoms with Crippen molar-refractivity contribution < 1.29 is 14.3 Å². The summed E-state index contributed by atoms with van der Waals surface area (Å²) in [4.78, 5) is 25.7. The highest BCUT2D eigenvalue weighted by atomic mass is 35.5. The Morgan fingerprint density at radius 1 is 1.30 bits per heavy atom. The van der Waals surface area contributed by atoms with Gasteiger partial charge in [-0.25, -0.2) is 0 Å². The van der Waals surface area contributed by atoms with E-state index in [0.29, 0.717) is 13.2 Å². The van der Waals surface area contributed by atoms with E-state index in [2.05, 4.69) is 10.6 Å². The van der Waals surface area contributed by atoms with Gasteiger partial charge >= 0.3 is 0 Å². The Morgan fingerprint density at radius 2 is 2.00 bits per heavy atom. The van der Waals surface area contributed by atoms with Crippen molar-refractivity contribution in [1.29, 1.82) is 0 Å². The Kier molecular flexibility index (Phi) is 7.26. The zero-order chi connectivity index (χ0) is 13.7. The van der Waals surface area contributed by atoms with Gasteiger partial charge in [-0.15, -0.1) is 12.4 Å². The molecule has 0 radical (unpaired) electrons. The van der Waals surface area contributed by atoms with Crippen molar-refractivity contribution in [2.75, 3.05) is 32.8 Å². The number of piperidine rings is 1. The average Bonchev–Trinajstić information content (AvgIpc) is 2.46. The number of hydrogen-bond acceptors (Lipinski definition) is 4. The maximum Gasteiger partial charge on any atom is 0.241 e. The van der Waals surface area contributed by atoms with Crippen molar-refractivity contribution in [2.45, 2.75) is 38.3 Å². The third kappa shape index (κ3) is 4.61. The standard InChI is InChI=1S/C13H23N3O3.ClH/c1-10-12(14-5-8-19-10)13(18)15-9-11(17)16-6-3-2-4-7-16;/h10,12,14H,2-9H2,1H3,(H,15,18);1H/t10-,12+;/m1./s1. The monoisotopic (exact) mass is 305 g/mol. The number of carbonyl (C=O) groups excluding carboxylic acids is 2. The number of nitrogens with zero attached hydrogens (tertiary/aromatic N) is 1. The molecule has 116 valence electrons. The fraction of sp³-hybridized carbons (Fsp3) is 0.846.